The molecule has 0 fully saturated rings. The van der Waals surface area contributed by atoms with E-state index in [1.54, 1.807) is 0 Å². The lowest BCUT2D eigenvalue weighted by Gasteiger charge is -2.28. The van der Waals surface area contributed by atoms with Gasteiger partial charge >= 0.3 is 0 Å². The van der Waals surface area contributed by atoms with Gasteiger partial charge in [0, 0.05) is 0 Å². The molecule has 2 aromatic carbocycles. The molecule has 19 heavy (non-hydrogen) atoms. The van der Waals surface area contributed by atoms with Crippen molar-refractivity contribution in [1.29, 1.82) is 0 Å². The lowest BCUT2D eigenvalue weighted by Crippen LogP contribution is -2.26. The summed E-state index contributed by atoms with van der Waals surface area (Å²) in [5.74, 6) is 0.794. The van der Waals surface area contributed by atoms with Crippen molar-refractivity contribution in [2.45, 2.75) is 25.9 Å². The number of hydrogen-bond donors (Lipinski definition) is 1. The lowest BCUT2D eigenvalue weighted by atomic mass is 9.84. The zero-order valence-corrected chi connectivity index (χ0v) is 11.5. The van der Waals surface area contributed by atoms with Crippen molar-refractivity contribution in [3.63, 3.8) is 0 Å². The molecule has 0 saturated carbocycles. The molecule has 2 rings (SSSR count). The minimum atomic E-state index is -0.964. The average molecular weight is 256 g/mol. The Kier molecular flexibility index (Phi) is 4.23. The van der Waals surface area contributed by atoms with Crippen LogP contribution in [-0.2, 0) is 5.60 Å². The summed E-state index contributed by atoms with van der Waals surface area (Å²) < 4.78 is 5.51. The molecule has 1 atom stereocenters. The SMILES string of the molecule is CCOc1cccc(C(O)(CC)c2ccccc2)c1. The molecule has 2 nitrogen and oxygen atoms in total. The first-order chi connectivity index (χ1) is 9.20. The number of benzene rings is 2. The molecular weight excluding hydrogens is 236 g/mol. The fourth-order valence-electron chi connectivity index (χ4n) is 2.30. The Bertz CT molecular complexity index is 522. The van der Waals surface area contributed by atoms with E-state index >= 15 is 0 Å². The van der Waals surface area contributed by atoms with Crippen LogP contribution in [0.3, 0.4) is 0 Å². The molecule has 0 bridgehead atoms. The minimum absolute atomic E-state index is 0.618. The van der Waals surface area contributed by atoms with Crippen LogP contribution in [0, 0.1) is 0 Å². The maximum absolute atomic E-state index is 11.0. The van der Waals surface area contributed by atoms with E-state index in [4.69, 9.17) is 4.74 Å². The monoisotopic (exact) mass is 256 g/mol. The van der Waals surface area contributed by atoms with Gasteiger partial charge < -0.3 is 9.84 Å². The normalized spacial score (nSPS) is 13.8. The van der Waals surface area contributed by atoms with Gasteiger partial charge in [0.25, 0.3) is 0 Å². The summed E-state index contributed by atoms with van der Waals surface area (Å²) in [4.78, 5) is 0. The first kappa shape index (κ1) is 13.6. The molecule has 1 N–H and O–H groups in total. The van der Waals surface area contributed by atoms with Gasteiger partial charge in [0.2, 0.25) is 0 Å². The highest BCUT2D eigenvalue weighted by molar-refractivity contribution is 5.39. The minimum Gasteiger partial charge on any atom is -0.494 e. The largest absolute Gasteiger partial charge is 0.494 e. The van der Waals surface area contributed by atoms with Gasteiger partial charge in [0.15, 0.2) is 0 Å². The maximum atomic E-state index is 11.0. The topological polar surface area (TPSA) is 29.5 Å². The van der Waals surface area contributed by atoms with Gasteiger partial charge in [-0.25, -0.2) is 0 Å². The molecule has 0 saturated heterocycles. The fourth-order valence-corrected chi connectivity index (χ4v) is 2.30. The summed E-state index contributed by atoms with van der Waals surface area (Å²) in [6.45, 7) is 4.57. The van der Waals surface area contributed by atoms with Crippen molar-refractivity contribution in [1.82, 2.24) is 0 Å². The molecule has 100 valence electrons. The molecule has 0 aromatic heterocycles. The molecule has 1 unspecified atom stereocenters. The third-order valence-electron chi connectivity index (χ3n) is 3.39. The molecule has 2 heteroatoms. The fraction of sp³-hybridized carbons (Fsp3) is 0.294. The predicted octanol–water partition coefficient (Wildman–Crippen LogP) is 3.73. The van der Waals surface area contributed by atoms with Crippen molar-refractivity contribution < 1.29 is 9.84 Å². The predicted molar refractivity (Wildman–Crippen MR) is 77.3 cm³/mol. The second-order valence-electron chi connectivity index (χ2n) is 4.54. The third-order valence-corrected chi connectivity index (χ3v) is 3.39. The van der Waals surface area contributed by atoms with Crippen molar-refractivity contribution in [2.24, 2.45) is 0 Å². The van der Waals surface area contributed by atoms with Gasteiger partial charge in [-0.15, -0.1) is 0 Å². The molecule has 0 radical (unpaired) electrons. The molecule has 0 aliphatic carbocycles. The van der Waals surface area contributed by atoms with Gasteiger partial charge in [-0.1, -0.05) is 49.4 Å². The average Bonchev–Trinajstić information content (AvgIpc) is 2.48. The first-order valence-electron chi connectivity index (χ1n) is 6.72. The Balaban J connectivity index is 2.44. The molecule has 0 aliphatic rings. The smallest absolute Gasteiger partial charge is 0.119 e. The Labute approximate surface area is 114 Å². The van der Waals surface area contributed by atoms with Crippen LogP contribution in [0.15, 0.2) is 54.6 Å². The van der Waals surface area contributed by atoms with E-state index < -0.39 is 5.60 Å². The summed E-state index contributed by atoms with van der Waals surface area (Å²) in [6, 6.07) is 17.5. The van der Waals surface area contributed by atoms with Gasteiger partial charge in [-0.2, -0.15) is 0 Å². The van der Waals surface area contributed by atoms with E-state index in [1.165, 1.54) is 0 Å². The van der Waals surface area contributed by atoms with E-state index in [0.717, 1.165) is 16.9 Å². The maximum Gasteiger partial charge on any atom is 0.119 e. The van der Waals surface area contributed by atoms with Crippen LogP contribution >= 0.6 is 0 Å². The first-order valence-corrected chi connectivity index (χ1v) is 6.72. The molecule has 0 aliphatic heterocycles. The summed E-state index contributed by atoms with van der Waals surface area (Å²) >= 11 is 0. The Morgan fingerprint density at radius 3 is 2.26 bits per heavy atom. The number of hydrogen-bond acceptors (Lipinski definition) is 2. The van der Waals surface area contributed by atoms with Crippen molar-refractivity contribution >= 4 is 0 Å². The zero-order valence-electron chi connectivity index (χ0n) is 11.5. The van der Waals surface area contributed by atoms with Gasteiger partial charge in [0.1, 0.15) is 11.4 Å². The summed E-state index contributed by atoms with van der Waals surface area (Å²) in [6.07, 6.45) is 0.618. The van der Waals surface area contributed by atoms with Crippen LogP contribution in [-0.4, -0.2) is 11.7 Å². The Morgan fingerprint density at radius 1 is 0.947 bits per heavy atom. The number of ether oxygens (including phenoxy) is 1. The van der Waals surface area contributed by atoms with Gasteiger partial charge in [-0.3, -0.25) is 0 Å². The second-order valence-corrected chi connectivity index (χ2v) is 4.54. The summed E-state index contributed by atoms with van der Waals surface area (Å²) in [5, 5.41) is 11.0. The van der Waals surface area contributed by atoms with E-state index in [1.807, 2.05) is 68.4 Å². The summed E-state index contributed by atoms with van der Waals surface area (Å²) in [5.41, 5.74) is 0.812. The molecule has 0 heterocycles. The van der Waals surface area contributed by atoms with E-state index in [2.05, 4.69) is 0 Å². The zero-order chi connectivity index (χ0) is 13.7. The third kappa shape index (κ3) is 2.79. The molecule has 0 spiro atoms. The van der Waals surface area contributed by atoms with Crippen LogP contribution < -0.4 is 4.74 Å². The second kappa shape index (κ2) is 5.89. The van der Waals surface area contributed by atoms with Crippen LogP contribution in [0.1, 0.15) is 31.4 Å². The van der Waals surface area contributed by atoms with Crippen LogP contribution in [0.5, 0.6) is 5.75 Å². The van der Waals surface area contributed by atoms with Crippen molar-refractivity contribution in [3.8, 4) is 5.75 Å². The van der Waals surface area contributed by atoms with E-state index in [9.17, 15) is 5.11 Å². The standard InChI is InChI=1S/C17H20O2/c1-3-17(18,14-9-6-5-7-10-14)15-11-8-12-16(13-15)19-4-2/h5-13,18H,3-4H2,1-2H3. The van der Waals surface area contributed by atoms with E-state index in [0.29, 0.717) is 13.0 Å². The lowest BCUT2D eigenvalue weighted by molar-refractivity contribution is 0.0762. The molecular formula is C17H20O2. The summed E-state index contributed by atoms with van der Waals surface area (Å²) in [7, 11) is 0. The van der Waals surface area contributed by atoms with Crippen molar-refractivity contribution in [3.05, 3.63) is 65.7 Å². The highest BCUT2D eigenvalue weighted by atomic mass is 16.5. The molecule has 0 amide bonds. The Morgan fingerprint density at radius 2 is 1.63 bits per heavy atom. The quantitative estimate of drug-likeness (QED) is 0.883. The van der Waals surface area contributed by atoms with Crippen LogP contribution in [0.4, 0.5) is 0 Å². The van der Waals surface area contributed by atoms with Gasteiger partial charge in [-0.05, 0) is 36.6 Å². The Hall–Kier alpha value is -1.80. The van der Waals surface area contributed by atoms with Crippen LogP contribution in [0.2, 0.25) is 0 Å². The number of rotatable bonds is 5. The van der Waals surface area contributed by atoms with Gasteiger partial charge in [0.05, 0.1) is 6.61 Å². The molecule has 2 aromatic rings. The highest BCUT2D eigenvalue weighted by Gasteiger charge is 2.29. The van der Waals surface area contributed by atoms with Crippen molar-refractivity contribution in [2.75, 3.05) is 6.61 Å². The number of aliphatic hydroxyl groups is 1. The van der Waals surface area contributed by atoms with Crippen LogP contribution in [0.25, 0.3) is 0 Å². The van der Waals surface area contributed by atoms with E-state index in [-0.39, 0.29) is 0 Å². The highest BCUT2D eigenvalue weighted by Crippen LogP contribution is 2.34.